The number of amides is 1. The minimum Gasteiger partial charge on any atom is -0.416 e. The van der Waals surface area contributed by atoms with Crippen LogP contribution in [0.25, 0.3) is 0 Å². The monoisotopic (exact) mass is 396 g/mol. The summed E-state index contributed by atoms with van der Waals surface area (Å²) in [6, 6.07) is 6.90. The fourth-order valence-corrected chi connectivity index (χ4v) is 2.06. The van der Waals surface area contributed by atoms with Gasteiger partial charge in [0.2, 0.25) is 11.7 Å². The number of nitrogens with one attached hydrogen (secondary N) is 1. The van der Waals surface area contributed by atoms with E-state index in [-0.39, 0.29) is 17.4 Å². The Balaban J connectivity index is 2.24. The first-order valence-corrected chi connectivity index (χ1v) is 7.97. The van der Waals surface area contributed by atoms with Gasteiger partial charge in [0.1, 0.15) is 0 Å². The third-order valence-electron chi connectivity index (χ3n) is 3.60. The van der Waals surface area contributed by atoms with Gasteiger partial charge in [0.05, 0.1) is 16.1 Å². The van der Waals surface area contributed by atoms with Crippen LogP contribution >= 0.6 is 0 Å². The molecule has 1 N–H and O–H groups in total. The van der Waals surface area contributed by atoms with Gasteiger partial charge in [-0.25, -0.2) is 4.79 Å². The topological polar surface area (TPSA) is 98.5 Å². The highest BCUT2D eigenvalue weighted by Crippen LogP contribution is 2.36. The first-order chi connectivity index (χ1) is 13.0. The van der Waals surface area contributed by atoms with E-state index in [2.05, 4.69) is 5.32 Å². The number of hydrogen-bond donors (Lipinski definition) is 1. The Bertz CT molecular complexity index is 908. The predicted molar refractivity (Wildman–Crippen MR) is 93.0 cm³/mol. The fraction of sp³-hybridized carbons (Fsp3) is 0.222. The number of esters is 1. The molecule has 0 spiro atoms. The molecule has 2 aromatic rings. The van der Waals surface area contributed by atoms with Crippen LogP contribution in [0.1, 0.15) is 29.8 Å². The van der Waals surface area contributed by atoms with E-state index in [9.17, 15) is 32.9 Å². The summed E-state index contributed by atoms with van der Waals surface area (Å²) in [4.78, 5) is 33.9. The second-order valence-corrected chi connectivity index (χ2v) is 6.05. The van der Waals surface area contributed by atoms with Crippen LogP contribution < -0.4 is 10.1 Å². The molecule has 148 valence electrons. The third kappa shape index (κ3) is 5.06. The smallest absolute Gasteiger partial charge is 0.416 e. The van der Waals surface area contributed by atoms with E-state index in [4.69, 9.17) is 4.74 Å². The zero-order valence-corrected chi connectivity index (χ0v) is 14.7. The number of rotatable bonds is 5. The molecule has 28 heavy (non-hydrogen) atoms. The van der Waals surface area contributed by atoms with Gasteiger partial charge in [-0.05, 0) is 30.3 Å². The SMILES string of the molecule is CC(C)C(=O)Nc1ccc(C(=O)Oc2cc(C(F)(F)F)ccc2[N+](=O)[O-])cc1. The average Bonchev–Trinajstić information content (AvgIpc) is 2.61. The molecule has 0 aliphatic rings. The number of benzene rings is 2. The molecule has 0 aliphatic carbocycles. The molecule has 0 radical (unpaired) electrons. The van der Waals surface area contributed by atoms with E-state index in [1.807, 2.05) is 0 Å². The molecular formula is C18H15F3N2O5. The second-order valence-electron chi connectivity index (χ2n) is 6.05. The molecule has 0 heterocycles. The van der Waals surface area contributed by atoms with Crippen molar-refractivity contribution in [3.63, 3.8) is 0 Å². The maximum atomic E-state index is 12.8. The predicted octanol–water partition coefficient (Wildman–Crippen LogP) is 4.43. The molecule has 0 fully saturated rings. The molecule has 1 amide bonds. The summed E-state index contributed by atoms with van der Waals surface area (Å²) in [5.74, 6) is -2.40. The molecule has 2 aromatic carbocycles. The normalized spacial score (nSPS) is 11.2. The molecule has 0 unspecified atom stereocenters. The Labute approximate surface area is 157 Å². The number of nitrogens with zero attached hydrogens (tertiary/aromatic N) is 1. The fourth-order valence-electron chi connectivity index (χ4n) is 2.06. The van der Waals surface area contributed by atoms with Crippen molar-refractivity contribution in [3.8, 4) is 5.75 Å². The van der Waals surface area contributed by atoms with Gasteiger partial charge in [0.25, 0.3) is 0 Å². The van der Waals surface area contributed by atoms with E-state index in [0.29, 0.717) is 23.9 Å². The minimum atomic E-state index is -4.76. The lowest BCUT2D eigenvalue weighted by Gasteiger charge is -2.10. The molecular weight excluding hydrogens is 381 g/mol. The standard InChI is InChI=1S/C18H15F3N2O5/c1-10(2)16(24)22-13-6-3-11(4-7-13)17(25)28-15-9-12(18(19,20)21)5-8-14(15)23(26)27/h3-10H,1-2H3,(H,22,24). The van der Waals surface area contributed by atoms with Crippen LogP contribution in [0.15, 0.2) is 42.5 Å². The number of nitro benzene ring substituents is 1. The van der Waals surface area contributed by atoms with Crippen LogP contribution in [-0.2, 0) is 11.0 Å². The Morgan fingerprint density at radius 1 is 1.11 bits per heavy atom. The summed E-state index contributed by atoms with van der Waals surface area (Å²) in [6.45, 7) is 3.39. The zero-order chi connectivity index (χ0) is 21.1. The van der Waals surface area contributed by atoms with Gasteiger partial charge in [-0.15, -0.1) is 0 Å². The lowest BCUT2D eigenvalue weighted by Crippen LogP contribution is -2.17. The Morgan fingerprint density at radius 2 is 1.71 bits per heavy atom. The van der Waals surface area contributed by atoms with E-state index < -0.39 is 34.1 Å². The molecule has 7 nitrogen and oxygen atoms in total. The number of anilines is 1. The average molecular weight is 396 g/mol. The highest BCUT2D eigenvalue weighted by atomic mass is 19.4. The van der Waals surface area contributed by atoms with Crippen molar-refractivity contribution >= 4 is 23.3 Å². The maximum Gasteiger partial charge on any atom is 0.416 e. The molecule has 2 rings (SSSR count). The number of alkyl halides is 3. The number of carbonyl (C=O) groups is 2. The van der Waals surface area contributed by atoms with Crippen molar-refractivity contribution in [1.82, 2.24) is 0 Å². The molecule has 0 aliphatic heterocycles. The minimum absolute atomic E-state index is 0.0609. The first kappa shape index (κ1) is 20.9. The van der Waals surface area contributed by atoms with Gasteiger partial charge in [-0.3, -0.25) is 14.9 Å². The Kier molecular flexibility index (Phi) is 6.02. The number of hydrogen-bond acceptors (Lipinski definition) is 5. The summed E-state index contributed by atoms with van der Waals surface area (Å²) < 4.78 is 43.3. The van der Waals surface area contributed by atoms with Crippen LogP contribution in [-0.4, -0.2) is 16.8 Å². The van der Waals surface area contributed by atoms with Gasteiger partial charge in [-0.2, -0.15) is 13.2 Å². The van der Waals surface area contributed by atoms with E-state index in [1.54, 1.807) is 13.8 Å². The number of ether oxygens (including phenoxy) is 1. The van der Waals surface area contributed by atoms with Crippen LogP contribution in [0.4, 0.5) is 24.5 Å². The van der Waals surface area contributed by atoms with Crippen molar-refractivity contribution < 1.29 is 32.4 Å². The first-order valence-electron chi connectivity index (χ1n) is 7.97. The second kappa shape index (κ2) is 8.07. The van der Waals surface area contributed by atoms with Gasteiger partial charge < -0.3 is 10.1 Å². The highest BCUT2D eigenvalue weighted by Gasteiger charge is 2.33. The number of halogens is 3. The largest absolute Gasteiger partial charge is 0.416 e. The quantitative estimate of drug-likeness (QED) is 0.349. The maximum absolute atomic E-state index is 12.8. The summed E-state index contributed by atoms with van der Waals surface area (Å²) >= 11 is 0. The lowest BCUT2D eigenvalue weighted by molar-refractivity contribution is -0.385. The Hall–Kier alpha value is -3.43. The summed E-state index contributed by atoms with van der Waals surface area (Å²) in [5.41, 5.74) is -1.62. The number of carbonyl (C=O) groups excluding carboxylic acids is 2. The van der Waals surface area contributed by atoms with Crippen molar-refractivity contribution in [2.45, 2.75) is 20.0 Å². The van der Waals surface area contributed by atoms with Crippen LogP contribution in [0.2, 0.25) is 0 Å². The van der Waals surface area contributed by atoms with E-state index in [1.165, 1.54) is 24.3 Å². The summed E-state index contributed by atoms with van der Waals surface area (Å²) in [7, 11) is 0. The number of nitro groups is 1. The highest BCUT2D eigenvalue weighted by molar-refractivity contribution is 5.94. The summed E-state index contributed by atoms with van der Waals surface area (Å²) in [5, 5.41) is 13.6. The van der Waals surface area contributed by atoms with Gasteiger partial charge >= 0.3 is 17.8 Å². The van der Waals surface area contributed by atoms with Gasteiger partial charge in [0.15, 0.2) is 0 Å². The summed E-state index contributed by atoms with van der Waals surface area (Å²) in [6.07, 6.45) is -4.76. The van der Waals surface area contributed by atoms with Crippen molar-refractivity contribution in [3.05, 3.63) is 63.7 Å². The van der Waals surface area contributed by atoms with E-state index in [0.717, 1.165) is 0 Å². The molecule has 0 saturated carbocycles. The lowest BCUT2D eigenvalue weighted by atomic mass is 10.1. The van der Waals surface area contributed by atoms with Gasteiger partial charge in [0, 0.05) is 23.7 Å². The molecule has 10 heteroatoms. The molecule has 0 aromatic heterocycles. The van der Waals surface area contributed by atoms with Crippen molar-refractivity contribution in [2.75, 3.05) is 5.32 Å². The molecule has 0 bridgehead atoms. The van der Waals surface area contributed by atoms with Gasteiger partial charge in [-0.1, -0.05) is 13.8 Å². The third-order valence-corrected chi connectivity index (χ3v) is 3.60. The van der Waals surface area contributed by atoms with Crippen LogP contribution in [0.3, 0.4) is 0 Å². The van der Waals surface area contributed by atoms with Crippen LogP contribution in [0.5, 0.6) is 5.75 Å². The molecule has 0 atom stereocenters. The van der Waals surface area contributed by atoms with Crippen molar-refractivity contribution in [1.29, 1.82) is 0 Å². The van der Waals surface area contributed by atoms with Crippen molar-refractivity contribution in [2.24, 2.45) is 5.92 Å². The Morgan fingerprint density at radius 3 is 2.21 bits per heavy atom. The van der Waals surface area contributed by atoms with Crippen LogP contribution in [0, 0.1) is 16.0 Å². The molecule has 0 saturated heterocycles. The zero-order valence-electron chi connectivity index (χ0n) is 14.7. The van der Waals surface area contributed by atoms with E-state index >= 15 is 0 Å².